The van der Waals surface area contributed by atoms with Gasteiger partial charge in [0.05, 0.1) is 0 Å². The zero-order chi connectivity index (χ0) is 22.6. The zero-order valence-corrected chi connectivity index (χ0v) is 19.5. The Morgan fingerprint density at radius 2 is 1.94 bits per heavy atom. The first-order valence-corrected chi connectivity index (χ1v) is 11.7. The molecule has 0 radical (unpaired) electrons. The lowest BCUT2D eigenvalue weighted by Gasteiger charge is -2.19. The van der Waals surface area contributed by atoms with E-state index in [4.69, 9.17) is 9.72 Å². The van der Waals surface area contributed by atoms with Gasteiger partial charge in [-0.25, -0.2) is 4.98 Å². The predicted molar refractivity (Wildman–Crippen MR) is 128 cm³/mol. The summed E-state index contributed by atoms with van der Waals surface area (Å²) in [6, 6.07) is 4.11. The van der Waals surface area contributed by atoms with Gasteiger partial charge in [0.25, 0.3) is 5.56 Å². The highest BCUT2D eigenvalue weighted by atomic mass is 16.5. The summed E-state index contributed by atoms with van der Waals surface area (Å²) >= 11 is 0. The molecule has 2 heterocycles. The minimum atomic E-state index is -0.227. The van der Waals surface area contributed by atoms with E-state index < -0.39 is 0 Å². The fourth-order valence-corrected chi connectivity index (χ4v) is 4.14. The van der Waals surface area contributed by atoms with Crippen molar-refractivity contribution in [1.29, 1.82) is 5.26 Å². The normalized spacial score (nSPS) is 13.8. The molecule has 0 aliphatic heterocycles. The highest BCUT2D eigenvalue weighted by Gasteiger charge is 2.23. The van der Waals surface area contributed by atoms with Gasteiger partial charge in [-0.2, -0.15) is 10.2 Å². The second-order valence-corrected chi connectivity index (χ2v) is 8.17. The van der Waals surface area contributed by atoms with Gasteiger partial charge in [0.15, 0.2) is 0 Å². The van der Waals surface area contributed by atoms with Crippen molar-refractivity contribution in [2.45, 2.75) is 90.6 Å². The van der Waals surface area contributed by atoms with Crippen LogP contribution < -0.4 is 10.9 Å². The molecule has 0 aromatic carbocycles. The summed E-state index contributed by atoms with van der Waals surface area (Å²) in [7, 11) is 1.71. The lowest BCUT2D eigenvalue weighted by Crippen LogP contribution is -2.27. The van der Waals surface area contributed by atoms with E-state index in [2.05, 4.69) is 31.1 Å². The van der Waals surface area contributed by atoms with Crippen LogP contribution in [0.5, 0.6) is 0 Å². The fraction of sp³-hybridized carbons (Fsp3) is 0.667. The third-order valence-electron chi connectivity index (χ3n) is 5.60. The number of fused-ring (bicyclic) bond motifs is 1. The van der Waals surface area contributed by atoms with Gasteiger partial charge in [-0.1, -0.05) is 46.5 Å². The quantitative estimate of drug-likeness (QED) is 0.570. The molecule has 3 rings (SSSR count). The van der Waals surface area contributed by atoms with Gasteiger partial charge in [0.2, 0.25) is 5.95 Å². The number of hydrogen-bond acceptors (Lipinski definition) is 6. The van der Waals surface area contributed by atoms with Gasteiger partial charge in [-0.15, -0.1) is 0 Å². The van der Waals surface area contributed by atoms with E-state index in [1.165, 1.54) is 0 Å². The molecule has 0 unspecified atom stereocenters. The lowest BCUT2D eigenvalue weighted by atomic mass is 10.1. The van der Waals surface area contributed by atoms with Crippen molar-refractivity contribution < 1.29 is 6.16 Å². The van der Waals surface area contributed by atoms with Gasteiger partial charge in [0.1, 0.15) is 17.3 Å². The number of aromatic nitrogens is 3. The summed E-state index contributed by atoms with van der Waals surface area (Å²) < 4.78 is 6.43. The number of methoxy groups -OCH3 is 1. The van der Waals surface area contributed by atoms with Crippen molar-refractivity contribution in [2.24, 2.45) is 0 Å². The highest BCUT2D eigenvalue weighted by molar-refractivity contribution is 5.77. The largest absolute Gasteiger partial charge is 0.385 e. The van der Waals surface area contributed by atoms with Crippen LogP contribution in [-0.2, 0) is 4.74 Å². The Labute approximate surface area is 187 Å². The molecule has 2 aromatic rings. The molecule has 172 valence electrons. The van der Waals surface area contributed by atoms with Crippen molar-refractivity contribution in [3.63, 3.8) is 0 Å². The molecular formula is C24H39N5O2. The van der Waals surface area contributed by atoms with Crippen LogP contribution in [0.15, 0.2) is 17.1 Å². The average molecular weight is 430 g/mol. The number of anilines is 1. The van der Waals surface area contributed by atoms with E-state index >= 15 is 0 Å². The number of nitriles is 1. The van der Waals surface area contributed by atoms with Gasteiger partial charge in [0, 0.05) is 38.8 Å². The average Bonchev–Trinajstić information content (AvgIpc) is 3.29. The van der Waals surface area contributed by atoms with Gasteiger partial charge in [-0.05, 0) is 38.2 Å². The fourth-order valence-electron chi connectivity index (χ4n) is 4.14. The summed E-state index contributed by atoms with van der Waals surface area (Å²) in [6.45, 7) is 7.32. The maximum Gasteiger partial charge on any atom is 0.270 e. The van der Waals surface area contributed by atoms with E-state index in [0.717, 1.165) is 69.8 Å². The second kappa shape index (κ2) is 13.1. The molecule has 0 bridgehead atoms. The predicted octanol–water partition coefficient (Wildman–Crippen LogP) is 5.45. The van der Waals surface area contributed by atoms with Crippen molar-refractivity contribution >= 4 is 17.0 Å². The Kier molecular flexibility index (Phi) is 10.5. The molecular weight excluding hydrogens is 390 g/mol. The van der Waals surface area contributed by atoms with Crippen LogP contribution in [0, 0.1) is 11.3 Å². The number of hydrogen-bond donors (Lipinski definition) is 1. The maximum absolute atomic E-state index is 12.8. The van der Waals surface area contributed by atoms with E-state index in [-0.39, 0.29) is 18.6 Å². The molecule has 1 fully saturated rings. The minimum Gasteiger partial charge on any atom is -0.385 e. The topological polar surface area (TPSA) is 92.8 Å². The van der Waals surface area contributed by atoms with Crippen LogP contribution in [0.2, 0.25) is 0 Å². The van der Waals surface area contributed by atoms with Crippen molar-refractivity contribution in [3.8, 4) is 6.07 Å². The van der Waals surface area contributed by atoms with E-state index in [1.807, 2.05) is 6.07 Å². The van der Waals surface area contributed by atoms with Gasteiger partial charge in [-0.3, -0.25) is 9.36 Å². The smallest absolute Gasteiger partial charge is 0.270 e. The van der Waals surface area contributed by atoms with Crippen LogP contribution in [0.3, 0.4) is 0 Å². The highest BCUT2D eigenvalue weighted by Crippen LogP contribution is 2.30. The molecule has 7 heteroatoms. The lowest BCUT2D eigenvalue weighted by molar-refractivity contribution is 0.199. The number of rotatable bonds is 9. The van der Waals surface area contributed by atoms with Crippen molar-refractivity contribution in [3.05, 3.63) is 28.2 Å². The molecule has 0 saturated heterocycles. The summed E-state index contributed by atoms with van der Waals surface area (Å²) in [5, 5.41) is 13.5. The number of ether oxygens (including phenoxy) is 1. The van der Waals surface area contributed by atoms with Crippen LogP contribution >= 0.6 is 0 Å². The molecule has 31 heavy (non-hydrogen) atoms. The third-order valence-corrected chi connectivity index (χ3v) is 5.60. The Morgan fingerprint density at radius 3 is 2.45 bits per heavy atom. The number of pyridine rings is 1. The Hall–Kier alpha value is -2.46. The zero-order valence-electron chi connectivity index (χ0n) is 19.5. The van der Waals surface area contributed by atoms with Gasteiger partial charge < -0.3 is 10.1 Å². The second-order valence-electron chi connectivity index (χ2n) is 8.17. The molecule has 0 spiro atoms. The summed E-state index contributed by atoms with van der Waals surface area (Å²) in [5.41, 5.74) is 0.587. The van der Waals surface area contributed by atoms with Crippen LogP contribution in [0.25, 0.3) is 11.0 Å². The van der Waals surface area contributed by atoms with Crippen LogP contribution in [-0.4, -0.2) is 34.3 Å². The Bertz CT molecular complexity index is 911. The monoisotopic (exact) mass is 429 g/mol. The van der Waals surface area contributed by atoms with Gasteiger partial charge >= 0.3 is 0 Å². The summed E-state index contributed by atoms with van der Waals surface area (Å²) in [6.07, 6.45) is 11.3. The first-order valence-electron chi connectivity index (χ1n) is 11.7. The van der Waals surface area contributed by atoms with Crippen LogP contribution in [0.4, 0.5) is 5.95 Å². The molecule has 2 aromatic heterocycles. The van der Waals surface area contributed by atoms with E-state index in [9.17, 15) is 10.1 Å². The maximum atomic E-state index is 12.8. The number of nitrogens with one attached hydrogen (secondary N) is 1. The molecule has 7 nitrogen and oxygen atoms in total. The molecule has 1 N–H and O–H groups in total. The SMILES string of the molecule is CCCC(CCC)Nc1ncc2cc(C#N)c(=O)n(C3CCCC3)c2n1.CCCOC.[HH]. The standard InChI is InChI=1S/C20H27N5O.C4H10O.H2/c1-3-7-16(8-4-2)23-20-22-13-15-11-14(12-21)19(26)25(18(15)24-20)17-9-5-6-10-17;1-3-4-5-2;/h11,13,16-17H,3-10H2,1-2H3,(H,22,23,24);3-4H2,1-2H3;1H. The third kappa shape index (κ3) is 6.76. The van der Waals surface area contributed by atoms with Crippen LogP contribution in [0.1, 0.15) is 91.6 Å². The molecule has 1 saturated carbocycles. The summed E-state index contributed by atoms with van der Waals surface area (Å²) in [5.74, 6) is 0.570. The Morgan fingerprint density at radius 1 is 1.26 bits per heavy atom. The summed E-state index contributed by atoms with van der Waals surface area (Å²) in [4.78, 5) is 21.9. The first-order chi connectivity index (χ1) is 15.1. The first kappa shape index (κ1) is 24.8. The van der Waals surface area contributed by atoms with E-state index in [0.29, 0.717) is 17.6 Å². The molecule has 1 aliphatic carbocycles. The van der Waals surface area contributed by atoms with Crippen molar-refractivity contribution in [2.75, 3.05) is 19.0 Å². The minimum absolute atomic E-state index is 0. The van der Waals surface area contributed by atoms with E-state index in [1.54, 1.807) is 23.9 Å². The molecule has 1 aliphatic rings. The molecule has 0 amide bonds. The molecule has 0 atom stereocenters. The van der Waals surface area contributed by atoms with Crippen molar-refractivity contribution in [1.82, 2.24) is 14.5 Å². The Balaban J connectivity index is 0.000000770. The number of nitrogens with zero attached hydrogens (tertiary/aromatic N) is 4.